The van der Waals surface area contributed by atoms with Gasteiger partial charge in [0.2, 0.25) is 0 Å². The van der Waals surface area contributed by atoms with Crippen molar-refractivity contribution in [1.82, 2.24) is 4.98 Å². The lowest BCUT2D eigenvalue weighted by atomic mass is 9.99. The van der Waals surface area contributed by atoms with E-state index in [9.17, 15) is 4.79 Å². The molecule has 3 nitrogen and oxygen atoms in total. The zero-order valence-corrected chi connectivity index (χ0v) is 18.1. The maximum absolute atomic E-state index is 12.3. The van der Waals surface area contributed by atoms with Gasteiger partial charge in [-0.25, -0.2) is 4.98 Å². The minimum atomic E-state index is -0.689. The van der Waals surface area contributed by atoms with Crippen LogP contribution >= 0.6 is 22.9 Å². The van der Waals surface area contributed by atoms with E-state index in [0.717, 1.165) is 31.9 Å². The van der Waals surface area contributed by atoms with Crippen molar-refractivity contribution in [1.29, 1.82) is 0 Å². The van der Waals surface area contributed by atoms with Crippen LogP contribution in [0.25, 0.3) is 20.8 Å². The Morgan fingerprint density at radius 1 is 1.22 bits per heavy atom. The number of hydrogen-bond donors (Lipinski definition) is 0. The minimum Gasteiger partial charge on any atom is -0.360 e. The molecule has 1 aromatic heterocycles. The average Bonchev–Trinajstić information content (AvgIpc) is 2.97. The molecule has 1 heterocycles. The first-order chi connectivity index (χ1) is 12.6. The van der Waals surface area contributed by atoms with Crippen LogP contribution in [0.3, 0.4) is 0 Å². The third-order valence-electron chi connectivity index (χ3n) is 4.24. The van der Waals surface area contributed by atoms with Gasteiger partial charge in [0.05, 0.1) is 20.8 Å². The Morgan fingerprint density at radius 3 is 2.52 bits per heavy atom. The van der Waals surface area contributed by atoms with Gasteiger partial charge in [0.25, 0.3) is 0 Å². The first-order valence-corrected chi connectivity index (χ1v) is 10.1. The predicted molar refractivity (Wildman–Crippen MR) is 114 cm³/mol. The summed E-state index contributed by atoms with van der Waals surface area (Å²) < 4.78 is 6.94. The highest BCUT2D eigenvalue weighted by Crippen LogP contribution is 2.41. The number of aromatic nitrogens is 1. The van der Waals surface area contributed by atoms with Crippen LogP contribution in [0.2, 0.25) is 5.02 Å². The maximum Gasteiger partial charge on any atom is 0.163 e. The molecule has 0 amide bonds. The molecule has 1 atom stereocenters. The van der Waals surface area contributed by atoms with Gasteiger partial charge in [-0.15, -0.1) is 11.3 Å². The van der Waals surface area contributed by atoms with Gasteiger partial charge in [0, 0.05) is 11.1 Å². The summed E-state index contributed by atoms with van der Waals surface area (Å²) in [5.41, 5.74) is 4.30. The fourth-order valence-electron chi connectivity index (χ4n) is 3.09. The highest BCUT2D eigenvalue weighted by Gasteiger charge is 2.29. The zero-order chi connectivity index (χ0) is 19.9. The van der Waals surface area contributed by atoms with E-state index in [1.165, 1.54) is 5.56 Å². The van der Waals surface area contributed by atoms with E-state index in [1.807, 2.05) is 45.9 Å². The molecule has 0 N–H and O–H groups in total. The van der Waals surface area contributed by atoms with Gasteiger partial charge < -0.3 is 4.74 Å². The quantitative estimate of drug-likeness (QED) is 0.489. The summed E-state index contributed by atoms with van der Waals surface area (Å²) in [6, 6.07) is 10.2. The van der Waals surface area contributed by atoms with Crippen LogP contribution in [0.15, 0.2) is 30.3 Å². The van der Waals surface area contributed by atoms with Gasteiger partial charge in [-0.2, -0.15) is 0 Å². The lowest BCUT2D eigenvalue weighted by Crippen LogP contribution is -2.27. The molecule has 0 unspecified atom stereocenters. The number of benzene rings is 2. The Kier molecular flexibility index (Phi) is 5.44. The number of carbonyl (C=O) groups excluding carboxylic acids is 1. The first-order valence-electron chi connectivity index (χ1n) is 8.91. The second kappa shape index (κ2) is 7.34. The molecule has 27 heavy (non-hydrogen) atoms. The third kappa shape index (κ3) is 4.23. The number of Topliss-reactive ketones (excluding diaryl/α,β-unsaturated/α-hetero) is 1. The van der Waals surface area contributed by atoms with Crippen LogP contribution in [-0.4, -0.2) is 16.4 Å². The number of nitrogens with zero attached hydrogens (tertiary/aromatic N) is 1. The topological polar surface area (TPSA) is 39.2 Å². The molecule has 3 aromatic rings. The Morgan fingerprint density at radius 2 is 1.93 bits per heavy atom. The summed E-state index contributed by atoms with van der Waals surface area (Å²) in [4.78, 5) is 17.1. The van der Waals surface area contributed by atoms with Crippen molar-refractivity contribution in [3.8, 4) is 10.6 Å². The van der Waals surface area contributed by atoms with Crippen molar-refractivity contribution in [2.24, 2.45) is 0 Å². The van der Waals surface area contributed by atoms with Crippen LogP contribution in [0.5, 0.6) is 0 Å². The summed E-state index contributed by atoms with van der Waals surface area (Å²) in [6.45, 7) is 11.4. The highest BCUT2D eigenvalue weighted by molar-refractivity contribution is 7.22. The SMILES string of the molecule is CC(=O)[C@@H](OC(C)(C)C)c1c(C)cc2nc(-c3cccc(C)c3)sc2c1Cl. The van der Waals surface area contributed by atoms with Crippen LogP contribution in [0.4, 0.5) is 0 Å². The fourth-order valence-corrected chi connectivity index (χ4v) is 4.54. The fraction of sp³-hybridized carbons (Fsp3) is 0.364. The molecule has 0 saturated heterocycles. The molecule has 0 fully saturated rings. The van der Waals surface area contributed by atoms with Gasteiger partial charge >= 0.3 is 0 Å². The molecule has 0 aliphatic carbocycles. The second-order valence-corrected chi connectivity index (χ2v) is 9.26. The molecule has 5 heteroatoms. The number of ether oxygens (including phenoxy) is 1. The van der Waals surface area contributed by atoms with E-state index in [2.05, 4.69) is 19.1 Å². The number of carbonyl (C=O) groups is 1. The molecular formula is C22H24ClNO2S. The van der Waals surface area contributed by atoms with Gasteiger partial charge in [0.1, 0.15) is 11.1 Å². The normalized spacial score (nSPS) is 13.1. The number of hydrogen-bond acceptors (Lipinski definition) is 4. The van der Waals surface area contributed by atoms with Crippen molar-refractivity contribution >= 4 is 38.9 Å². The summed E-state index contributed by atoms with van der Waals surface area (Å²) in [6.07, 6.45) is -0.689. The van der Waals surface area contributed by atoms with Crippen LogP contribution < -0.4 is 0 Å². The largest absolute Gasteiger partial charge is 0.360 e. The smallest absolute Gasteiger partial charge is 0.163 e. The average molecular weight is 402 g/mol. The summed E-state index contributed by atoms with van der Waals surface area (Å²) >= 11 is 8.33. The molecule has 142 valence electrons. The van der Waals surface area contributed by atoms with Crippen molar-refractivity contribution < 1.29 is 9.53 Å². The lowest BCUT2D eigenvalue weighted by molar-refractivity contribution is -0.138. The standard InChI is InChI=1S/C22H24ClNO2S/c1-12-8-7-9-15(10-12)21-24-16-11-13(2)17(18(23)20(16)27-21)19(14(3)25)26-22(4,5)6/h7-11,19H,1-6H3/t19-/m1/s1. The van der Waals surface area contributed by atoms with E-state index in [4.69, 9.17) is 21.3 Å². The van der Waals surface area contributed by atoms with Crippen molar-refractivity contribution in [2.75, 3.05) is 0 Å². The summed E-state index contributed by atoms with van der Waals surface area (Å²) in [7, 11) is 0. The van der Waals surface area contributed by atoms with Gasteiger partial charge in [-0.1, -0.05) is 35.4 Å². The van der Waals surface area contributed by atoms with E-state index < -0.39 is 11.7 Å². The Hall–Kier alpha value is -1.75. The van der Waals surface area contributed by atoms with Gasteiger partial charge in [-0.3, -0.25) is 4.79 Å². The number of fused-ring (bicyclic) bond motifs is 1. The molecule has 0 radical (unpaired) electrons. The molecule has 0 aliphatic heterocycles. The van der Waals surface area contributed by atoms with Crippen LogP contribution in [-0.2, 0) is 9.53 Å². The summed E-state index contributed by atoms with van der Waals surface area (Å²) in [5.74, 6) is -0.0577. The van der Waals surface area contributed by atoms with Crippen molar-refractivity contribution in [2.45, 2.75) is 53.2 Å². The maximum atomic E-state index is 12.3. The number of ketones is 1. The van der Waals surface area contributed by atoms with E-state index in [1.54, 1.807) is 18.3 Å². The molecule has 3 rings (SSSR count). The number of thiazole rings is 1. The van der Waals surface area contributed by atoms with E-state index in [-0.39, 0.29) is 5.78 Å². The molecule has 0 bridgehead atoms. The molecular weight excluding hydrogens is 378 g/mol. The highest BCUT2D eigenvalue weighted by atomic mass is 35.5. The summed E-state index contributed by atoms with van der Waals surface area (Å²) in [5, 5.41) is 1.48. The molecule has 2 aromatic carbocycles. The van der Waals surface area contributed by atoms with Crippen molar-refractivity contribution in [3.05, 3.63) is 52.0 Å². The van der Waals surface area contributed by atoms with Gasteiger partial charge in [-0.05, 0) is 59.2 Å². The second-order valence-electron chi connectivity index (χ2n) is 7.88. The van der Waals surface area contributed by atoms with E-state index >= 15 is 0 Å². The monoisotopic (exact) mass is 401 g/mol. The number of rotatable bonds is 4. The first kappa shape index (κ1) is 20.0. The van der Waals surface area contributed by atoms with E-state index in [0.29, 0.717) is 5.02 Å². The number of aryl methyl sites for hydroxylation is 2. The third-order valence-corrected chi connectivity index (χ3v) is 5.88. The Labute approximate surface area is 169 Å². The molecule has 0 saturated carbocycles. The zero-order valence-electron chi connectivity index (χ0n) is 16.5. The predicted octanol–water partition coefficient (Wildman–Crippen LogP) is 6.68. The Balaban J connectivity index is 2.17. The Bertz CT molecular complexity index is 1020. The van der Waals surface area contributed by atoms with Gasteiger partial charge in [0.15, 0.2) is 5.78 Å². The molecule has 0 spiro atoms. The van der Waals surface area contributed by atoms with Crippen LogP contribution in [0, 0.1) is 13.8 Å². The van der Waals surface area contributed by atoms with Crippen LogP contribution in [0.1, 0.15) is 50.5 Å². The van der Waals surface area contributed by atoms with Crippen molar-refractivity contribution in [3.63, 3.8) is 0 Å². The minimum absolute atomic E-state index is 0.0577. The number of halogens is 1. The molecule has 0 aliphatic rings. The lowest BCUT2D eigenvalue weighted by Gasteiger charge is -2.27.